The second kappa shape index (κ2) is 6.46. The number of hydrogen-bond donors (Lipinski definition) is 1. The zero-order valence-electron chi connectivity index (χ0n) is 12.7. The van der Waals surface area contributed by atoms with E-state index in [0.717, 1.165) is 30.2 Å². The summed E-state index contributed by atoms with van der Waals surface area (Å²) in [4.78, 5) is 10.6. The highest BCUT2D eigenvalue weighted by atomic mass is 32.1. The molecule has 0 bridgehead atoms. The molecule has 0 saturated carbocycles. The third-order valence-electron chi connectivity index (χ3n) is 3.05. The third kappa shape index (κ3) is 3.87. The molecule has 0 aliphatic heterocycles. The summed E-state index contributed by atoms with van der Waals surface area (Å²) < 4.78 is 0. The SMILES string of the molecule is CCNCc1sc(Cc2ccccn2)nc1C(C)(C)C. The fourth-order valence-corrected chi connectivity index (χ4v) is 3.34. The molecule has 0 aliphatic rings. The number of thiazole rings is 1. The number of nitrogens with zero attached hydrogens (tertiary/aromatic N) is 2. The number of nitrogens with one attached hydrogen (secondary N) is 1. The van der Waals surface area contributed by atoms with Gasteiger partial charge in [0, 0.05) is 35.1 Å². The molecule has 0 saturated heterocycles. The zero-order valence-corrected chi connectivity index (χ0v) is 13.5. The average Bonchev–Trinajstić information content (AvgIpc) is 2.80. The molecule has 2 aromatic heterocycles. The van der Waals surface area contributed by atoms with Crippen LogP contribution in [0.1, 0.15) is 49.0 Å². The van der Waals surface area contributed by atoms with Crippen LogP contribution in [0.3, 0.4) is 0 Å². The molecule has 0 fully saturated rings. The molecule has 2 aromatic rings. The molecule has 4 heteroatoms. The van der Waals surface area contributed by atoms with Crippen LogP contribution in [0.5, 0.6) is 0 Å². The Bertz CT molecular complexity index is 541. The summed E-state index contributed by atoms with van der Waals surface area (Å²) in [6.07, 6.45) is 2.66. The van der Waals surface area contributed by atoms with Gasteiger partial charge in [-0.3, -0.25) is 4.98 Å². The number of rotatable bonds is 5. The Hall–Kier alpha value is -1.26. The van der Waals surface area contributed by atoms with Gasteiger partial charge >= 0.3 is 0 Å². The van der Waals surface area contributed by atoms with Crippen molar-refractivity contribution in [2.45, 2.75) is 46.1 Å². The summed E-state index contributed by atoms with van der Waals surface area (Å²) in [7, 11) is 0. The monoisotopic (exact) mass is 289 g/mol. The number of hydrogen-bond acceptors (Lipinski definition) is 4. The fraction of sp³-hybridized carbons (Fsp3) is 0.500. The molecule has 0 spiro atoms. The molecule has 0 radical (unpaired) electrons. The first-order chi connectivity index (χ1) is 9.50. The topological polar surface area (TPSA) is 37.8 Å². The predicted molar refractivity (Wildman–Crippen MR) is 85.2 cm³/mol. The zero-order chi connectivity index (χ0) is 14.6. The summed E-state index contributed by atoms with van der Waals surface area (Å²) in [5, 5.41) is 4.56. The van der Waals surface area contributed by atoms with Gasteiger partial charge in [0.05, 0.1) is 10.7 Å². The first-order valence-corrected chi connectivity index (χ1v) is 7.92. The second-order valence-corrected chi connectivity index (χ2v) is 7.08. The van der Waals surface area contributed by atoms with Crippen LogP contribution in [0.4, 0.5) is 0 Å². The Morgan fingerprint density at radius 3 is 2.65 bits per heavy atom. The van der Waals surface area contributed by atoms with Gasteiger partial charge in [-0.05, 0) is 18.7 Å². The Labute approximate surface area is 125 Å². The maximum Gasteiger partial charge on any atom is 0.0991 e. The van der Waals surface area contributed by atoms with Gasteiger partial charge in [0.25, 0.3) is 0 Å². The van der Waals surface area contributed by atoms with Crippen molar-refractivity contribution in [3.8, 4) is 0 Å². The molecular weight excluding hydrogens is 266 g/mol. The number of pyridine rings is 1. The Morgan fingerprint density at radius 2 is 2.05 bits per heavy atom. The molecule has 0 aromatic carbocycles. The lowest BCUT2D eigenvalue weighted by Crippen LogP contribution is -2.18. The highest BCUT2D eigenvalue weighted by Gasteiger charge is 2.23. The van der Waals surface area contributed by atoms with Crippen molar-refractivity contribution in [1.29, 1.82) is 0 Å². The van der Waals surface area contributed by atoms with Gasteiger partial charge in [-0.1, -0.05) is 33.8 Å². The molecule has 0 atom stereocenters. The summed E-state index contributed by atoms with van der Waals surface area (Å²) >= 11 is 1.81. The van der Waals surface area contributed by atoms with Crippen molar-refractivity contribution >= 4 is 11.3 Å². The first-order valence-electron chi connectivity index (χ1n) is 7.10. The number of aromatic nitrogens is 2. The van der Waals surface area contributed by atoms with Crippen molar-refractivity contribution in [2.75, 3.05) is 6.54 Å². The molecule has 2 rings (SSSR count). The van der Waals surface area contributed by atoms with E-state index in [9.17, 15) is 0 Å². The van der Waals surface area contributed by atoms with E-state index >= 15 is 0 Å². The first kappa shape index (κ1) is 15.1. The molecule has 20 heavy (non-hydrogen) atoms. The average molecular weight is 289 g/mol. The molecule has 0 amide bonds. The molecule has 108 valence electrons. The van der Waals surface area contributed by atoms with Crippen molar-refractivity contribution in [3.63, 3.8) is 0 Å². The van der Waals surface area contributed by atoms with E-state index in [4.69, 9.17) is 4.98 Å². The Kier molecular flexibility index (Phi) is 4.89. The van der Waals surface area contributed by atoms with Gasteiger partial charge in [0.1, 0.15) is 0 Å². The highest BCUT2D eigenvalue weighted by molar-refractivity contribution is 7.11. The van der Waals surface area contributed by atoms with E-state index in [-0.39, 0.29) is 5.41 Å². The Morgan fingerprint density at radius 1 is 1.25 bits per heavy atom. The van der Waals surface area contributed by atoms with Crippen LogP contribution < -0.4 is 5.32 Å². The predicted octanol–water partition coefficient (Wildman–Crippen LogP) is 3.54. The van der Waals surface area contributed by atoms with Crippen LogP contribution in [0.15, 0.2) is 24.4 Å². The third-order valence-corrected chi connectivity index (χ3v) is 4.10. The normalized spacial score (nSPS) is 11.8. The summed E-state index contributed by atoms with van der Waals surface area (Å²) in [5.41, 5.74) is 2.38. The fourth-order valence-electron chi connectivity index (χ4n) is 2.08. The van der Waals surface area contributed by atoms with Gasteiger partial charge in [0.2, 0.25) is 0 Å². The maximum atomic E-state index is 4.87. The van der Waals surface area contributed by atoms with Gasteiger partial charge < -0.3 is 5.32 Å². The van der Waals surface area contributed by atoms with Gasteiger partial charge in [-0.2, -0.15) is 0 Å². The van der Waals surface area contributed by atoms with E-state index < -0.39 is 0 Å². The molecular formula is C16H23N3S. The summed E-state index contributed by atoms with van der Waals surface area (Å²) in [6.45, 7) is 10.7. The van der Waals surface area contributed by atoms with Crippen molar-refractivity contribution in [2.24, 2.45) is 0 Å². The lowest BCUT2D eigenvalue weighted by molar-refractivity contribution is 0.559. The molecule has 0 unspecified atom stereocenters. The highest BCUT2D eigenvalue weighted by Crippen LogP contribution is 2.30. The smallest absolute Gasteiger partial charge is 0.0991 e. The minimum Gasteiger partial charge on any atom is -0.312 e. The van der Waals surface area contributed by atoms with Crippen molar-refractivity contribution < 1.29 is 0 Å². The van der Waals surface area contributed by atoms with E-state index in [1.165, 1.54) is 10.6 Å². The van der Waals surface area contributed by atoms with Crippen LogP contribution in [-0.2, 0) is 18.4 Å². The minimum atomic E-state index is 0.0869. The van der Waals surface area contributed by atoms with E-state index in [2.05, 4.69) is 44.1 Å². The molecule has 1 N–H and O–H groups in total. The van der Waals surface area contributed by atoms with Crippen LogP contribution in [0.2, 0.25) is 0 Å². The molecule has 3 nitrogen and oxygen atoms in total. The van der Waals surface area contributed by atoms with Gasteiger partial charge in [0.15, 0.2) is 0 Å². The lowest BCUT2D eigenvalue weighted by atomic mass is 9.91. The summed E-state index contributed by atoms with van der Waals surface area (Å²) in [5.74, 6) is 0. The van der Waals surface area contributed by atoms with E-state index in [0.29, 0.717) is 0 Å². The van der Waals surface area contributed by atoms with E-state index in [1.54, 1.807) is 0 Å². The van der Waals surface area contributed by atoms with Crippen LogP contribution >= 0.6 is 11.3 Å². The van der Waals surface area contributed by atoms with Gasteiger partial charge in [-0.25, -0.2) is 4.98 Å². The maximum absolute atomic E-state index is 4.87. The standard InChI is InChI=1S/C16H23N3S/c1-5-17-11-13-15(16(2,3)4)19-14(20-13)10-12-8-6-7-9-18-12/h6-9,17H,5,10-11H2,1-4H3. The Balaban J connectivity index is 2.24. The van der Waals surface area contributed by atoms with Crippen LogP contribution in [0, 0.1) is 0 Å². The van der Waals surface area contributed by atoms with Crippen molar-refractivity contribution in [3.05, 3.63) is 45.7 Å². The van der Waals surface area contributed by atoms with Crippen LogP contribution in [0.25, 0.3) is 0 Å². The molecule has 2 heterocycles. The quantitative estimate of drug-likeness (QED) is 0.915. The molecule has 0 aliphatic carbocycles. The minimum absolute atomic E-state index is 0.0869. The van der Waals surface area contributed by atoms with Crippen molar-refractivity contribution in [1.82, 2.24) is 15.3 Å². The summed E-state index contributed by atoms with van der Waals surface area (Å²) in [6, 6.07) is 6.03. The van der Waals surface area contributed by atoms with Gasteiger partial charge in [-0.15, -0.1) is 11.3 Å². The largest absolute Gasteiger partial charge is 0.312 e. The van der Waals surface area contributed by atoms with E-state index in [1.807, 2.05) is 29.7 Å². The lowest BCUT2D eigenvalue weighted by Gasteiger charge is -2.17. The second-order valence-electron chi connectivity index (χ2n) is 5.91. The van der Waals surface area contributed by atoms with Crippen LogP contribution in [-0.4, -0.2) is 16.5 Å².